The van der Waals surface area contributed by atoms with Crippen LogP contribution in [0.3, 0.4) is 0 Å². The Morgan fingerprint density at radius 3 is 2.38 bits per heavy atom. The summed E-state index contributed by atoms with van der Waals surface area (Å²) in [5.74, 6) is 1.52. The van der Waals surface area contributed by atoms with Crippen molar-refractivity contribution in [3.8, 4) is 11.5 Å². The van der Waals surface area contributed by atoms with Gasteiger partial charge in [0.1, 0.15) is 0 Å². The second-order valence-corrected chi connectivity index (χ2v) is 6.73. The smallest absolute Gasteiger partial charge is 0.161 e. The molecule has 0 saturated carbocycles. The first-order valence-electron chi connectivity index (χ1n) is 7.62. The lowest BCUT2D eigenvalue weighted by Gasteiger charge is -2.47. The molecule has 0 amide bonds. The maximum absolute atomic E-state index is 6.45. The monoisotopic (exact) mass is 292 g/mol. The van der Waals surface area contributed by atoms with Crippen LogP contribution in [-0.4, -0.2) is 37.2 Å². The SMILES string of the molecule is COc1ccc(C2C(N)CCCN2C(C)(C)C)cc1OC. The molecule has 1 fully saturated rings. The van der Waals surface area contributed by atoms with Crippen LogP contribution >= 0.6 is 0 Å². The predicted molar refractivity (Wildman–Crippen MR) is 86.0 cm³/mol. The summed E-state index contributed by atoms with van der Waals surface area (Å²) in [6.45, 7) is 7.83. The molecule has 2 N–H and O–H groups in total. The summed E-state index contributed by atoms with van der Waals surface area (Å²) >= 11 is 0. The van der Waals surface area contributed by atoms with Gasteiger partial charge in [0.05, 0.1) is 20.3 Å². The second kappa shape index (κ2) is 6.24. The Morgan fingerprint density at radius 2 is 1.81 bits per heavy atom. The highest BCUT2D eigenvalue weighted by Crippen LogP contribution is 2.38. The lowest BCUT2D eigenvalue weighted by molar-refractivity contribution is 0.0383. The van der Waals surface area contributed by atoms with E-state index in [2.05, 4.69) is 37.8 Å². The average Bonchev–Trinajstić information content (AvgIpc) is 2.45. The van der Waals surface area contributed by atoms with E-state index in [4.69, 9.17) is 15.2 Å². The molecule has 1 saturated heterocycles. The van der Waals surface area contributed by atoms with E-state index in [0.29, 0.717) is 0 Å². The number of nitrogens with zero attached hydrogens (tertiary/aromatic N) is 1. The van der Waals surface area contributed by atoms with Crippen molar-refractivity contribution in [2.75, 3.05) is 20.8 Å². The van der Waals surface area contributed by atoms with Gasteiger partial charge in [0.2, 0.25) is 0 Å². The van der Waals surface area contributed by atoms with Crippen LogP contribution in [0.2, 0.25) is 0 Å². The highest BCUT2D eigenvalue weighted by atomic mass is 16.5. The van der Waals surface area contributed by atoms with Crippen LogP contribution in [0.1, 0.15) is 45.2 Å². The fraction of sp³-hybridized carbons (Fsp3) is 0.647. The second-order valence-electron chi connectivity index (χ2n) is 6.73. The minimum Gasteiger partial charge on any atom is -0.493 e. The fourth-order valence-electron chi connectivity index (χ4n) is 3.24. The molecule has 2 atom stereocenters. The van der Waals surface area contributed by atoms with Crippen molar-refractivity contribution in [1.82, 2.24) is 4.90 Å². The number of hydrogen-bond acceptors (Lipinski definition) is 4. The van der Waals surface area contributed by atoms with Gasteiger partial charge in [0, 0.05) is 11.6 Å². The van der Waals surface area contributed by atoms with Gasteiger partial charge in [-0.25, -0.2) is 0 Å². The lowest BCUT2D eigenvalue weighted by atomic mass is 9.87. The summed E-state index contributed by atoms with van der Waals surface area (Å²) in [5.41, 5.74) is 7.74. The number of benzene rings is 1. The number of hydrogen-bond donors (Lipinski definition) is 1. The van der Waals surface area contributed by atoms with Gasteiger partial charge >= 0.3 is 0 Å². The molecule has 1 heterocycles. The van der Waals surface area contributed by atoms with Gasteiger partial charge in [0.25, 0.3) is 0 Å². The molecule has 0 bridgehead atoms. The largest absolute Gasteiger partial charge is 0.493 e. The molecule has 2 unspecified atom stereocenters. The molecule has 1 aromatic carbocycles. The zero-order valence-electron chi connectivity index (χ0n) is 13.8. The average molecular weight is 292 g/mol. The van der Waals surface area contributed by atoms with Gasteiger partial charge in [-0.2, -0.15) is 0 Å². The minimum absolute atomic E-state index is 0.0931. The first-order valence-corrected chi connectivity index (χ1v) is 7.62. The molecule has 0 radical (unpaired) electrons. The predicted octanol–water partition coefficient (Wildman–Crippen LogP) is 2.97. The molecule has 21 heavy (non-hydrogen) atoms. The highest BCUT2D eigenvalue weighted by Gasteiger charge is 2.36. The summed E-state index contributed by atoms with van der Waals surface area (Å²) in [5, 5.41) is 0. The van der Waals surface area contributed by atoms with E-state index in [1.165, 1.54) is 5.56 Å². The Hall–Kier alpha value is -1.26. The van der Waals surface area contributed by atoms with Crippen LogP contribution in [0.4, 0.5) is 0 Å². The Morgan fingerprint density at radius 1 is 1.14 bits per heavy atom. The summed E-state index contributed by atoms with van der Waals surface area (Å²) in [7, 11) is 3.33. The number of likely N-dealkylation sites (tertiary alicyclic amines) is 1. The van der Waals surface area contributed by atoms with Crippen molar-refractivity contribution in [3.05, 3.63) is 23.8 Å². The fourth-order valence-corrected chi connectivity index (χ4v) is 3.24. The molecule has 4 heteroatoms. The molecule has 0 aromatic heterocycles. The zero-order chi connectivity index (χ0) is 15.6. The molecular formula is C17H28N2O2. The van der Waals surface area contributed by atoms with Crippen LogP contribution < -0.4 is 15.2 Å². The Balaban J connectivity index is 2.40. The van der Waals surface area contributed by atoms with Crippen molar-refractivity contribution >= 4 is 0 Å². The van der Waals surface area contributed by atoms with E-state index < -0.39 is 0 Å². The zero-order valence-corrected chi connectivity index (χ0v) is 13.8. The molecule has 1 aliphatic heterocycles. The standard InChI is InChI=1S/C17H28N2O2/c1-17(2,3)19-10-6-7-13(18)16(19)12-8-9-14(20-4)15(11-12)21-5/h8-9,11,13,16H,6-7,10,18H2,1-5H3. The van der Waals surface area contributed by atoms with E-state index in [9.17, 15) is 0 Å². The highest BCUT2D eigenvalue weighted by molar-refractivity contribution is 5.44. The van der Waals surface area contributed by atoms with Crippen LogP contribution in [0.25, 0.3) is 0 Å². The number of ether oxygens (including phenoxy) is 2. The topological polar surface area (TPSA) is 47.7 Å². The lowest BCUT2D eigenvalue weighted by Crippen LogP contribution is -2.53. The first kappa shape index (κ1) is 16.1. The van der Waals surface area contributed by atoms with Gasteiger partial charge in [-0.05, 0) is 57.9 Å². The van der Waals surface area contributed by atoms with Crippen molar-refractivity contribution in [2.24, 2.45) is 5.73 Å². The summed E-state index contributed by atoms with van der Waals surface area (Å²) in [6, 6.07) is 6.51. The number of nitrogens with two attached hydrogens (primary N) is 1. The summed E-state index contributed by atoms with van der Waals surface area (Å²) < 4.78 is 10.8. The molecule has 1 aromatic rings. The van der Waals surface area contributed by atoms with E-state index >= 15 is 0 Å². The Kier molecular flexibility index (Phi) is 4.79. The molecule has 1 aliphatic rings. The van der Waals surface area contributed by atoms with E-state index in [0.717, 1.165) is 30.9 Å². The molecule has 0 spiro atoms. The Bertz CT molecular complexity index is 482. The third-order valence-electron chi connectivity index (χ3n) is 4.29. The van der Waals surface area contributed by atoms with Crippen LogP contribution in [0, 0.1) is 0 Å². The van der Waals surface area contributed by atoms with Crippen molar-refractivity contribution in [1.29, 1.82) is 0 Å². The first-order chi connectivity index (χ1) is 9.88. The normalized spacial score (nSPS) is 23.9. The number of rotatable bonds is 3. The van der Waals surface area contributed by atoms with Crippen LogP contribution in [0.15, 0.2) is 18.2 Å². The van der Waals surface area contributed by atoms with Gasteiger partial charge in [0.15, 0.2) is 11.5 Å². The molecular weight excluding hydrogens is 264 g/mol. The van der Waals surface area contributed by atoms with E-state index in [-0.39, 0.29) is 17.6 Å². The van der Waals surface area contributed by atoms with E-state index in [1.54, 1.807) is 14.2 Å². The third kappa shape index (κ3) is 3.33. The van der Waals surface area contributed by atoms with Gasteiger partial charge in [-0.15, -0.1) is 0 Å². The maximum atomic E-state index is 6.45. The molecule has 2 rings (SSSR count). The Labute approximate surface area is 128 Å². The maximum Gasteiger partial charge on any atom is 0.161 e. The van der Waals surface area contributed by atoms with E-state index in [1.807, 2.05) is 6.07 Å². The minimum atomic E-state index is 0.0931. The summed E-state index contributed by atoms with van der Waals surface area (Å²) in [6.07, 6.45) is 2.22. The van der Waals surface area contributed by atoms with Crippen molar-refractivity contribution in [3.63, 3.8) is 0 Å². The molecule has 118 valence electrons. The summed E-state index contributed by atoms with van der Waals surface area (Å²) in [4.78, 5) is 2.50. The van der Waals surface area contributed by atoms with Crippen molar-refractivity contribution in [2.45, 2.75) is 51.2 Å². The molecule has 0 aliphatic carbocycles. The number of methoxy groups -OCH3 is 2. The van der Waals surface area contributed by atoms with Crippen LogP contribution in [-0.2, 0) is 0 Å². The number of piperidine rings is 1. The molecule has 4 nitrogen and oxygen atoms in total. The third-order valence-corrected chi connectivity index (χ3v) is 4.29. The van der Waals surface area contributed by atoms with Gasteiger partial charge in [-0.3, -0.25) is 4.90 Å². The van der Waals surface area contributed by atoms with Gasteiger partial charge < -0.3 is 15.2 Å². The van der Waals surface area contributed by atoms with Crippen LogP contribution in [0.5, 0.6) is 11.5 Å². The van der Waals surface area contributed by atoms with Gasteiger partial charge in [-0.1, -0.05) is 6.07 Å². The quantitative estimate of drug-likeness (QED) is 0.930. The van der Waals surface area contributed by atoms with Crippen molar-refractivity contribution < 1.29 is 9.47 Å².